The molecule has 0 saturated carbocycles. The summed E-state index contributed by atoms with van der Waals surface area (Å²) < 4.78 is 0. The van der Waals surface area contributed by atoms with Crippen molar-refractivity contribution in [1.29, 1.82) is 0 Å². The second kappa shape index (κ2) is 6.63. The van der Waals surface area contributed by atoms with Crippen molar-refractivity contribution in [2.45, 2.75) is 26.4 Å². The first-order valence-electron chi connectivity index (χ1n) is 6.55. The van der Waals surface area contributed by atoms with Gasteiger partial charge >= 0.3 is 0 Å². The van der Waals surface area contributed by atoms with Gasteiger partial charge in [0, 0.05) is 5.56 Å². The van der Waals surface area contributed by atoms with E-state index in [2.05, 4.69) is 10.3 Å². The summed E-state index contributed by atoms with van der Waals surface area (Å²) >= 11 is 1.43. The number of hydrogen-bond donors (Lipinski definition) is 2. The van der Waals surface area contributed by atoms with Crippen molar-refractivity contribution in [3.05, 3.63) is 36.5 Å². The molecule has 1 heterocycles. The van der Waals surface area contributed by atoms with E-state index in [1.54, 1.807) is 6.20 Å². The van der Waals surface area contributed by atoms with Crippen molar-refractivity contribution >= 4 is 22.2 Å². The van der Waals surface area contributed by atoms with Crippen LogP contribution in [0.5, 0.6) is 0 Å². The molecule has 1 aromatic heterocycles. The molecule has 0 spiro atoms. The second-order valence-corrected chi connectivity index (χ2v) is 5.99. The van der Waals surface area contributed by atoms with Gasteiger partial charge in [-0.05, 0) is 5.92 Å². The summed E-state index contributed by atoms with van der Waals surface area (Å²) in [6, 6.07) is 9.81. The highest BCUT2D eigenvalue weighted by Gasteiger charge is 2.15. The van der Waals surface area contributed by atoms with Gasteiger partial charge in [-0.2, -0.15) is 0 Å². The summed E-state index contributed by atoms with van der Waals surface area (Å²) in [7, 11) is 0. The average Bonchev–Trinajstić information content (AvgIpc) is 2.88. The van der Waals surface area contributed by atoms with Gasteiger partial charge in [0.25, 0.3) is 0 Å². The van der Waals surface area contributed by atoms with Crippen LogP contribution in [-0.2, 0) is 4.79 Å². The van der Waals surface area contributed by atoms with Crippen molar-refractivity contribution in [1.82, 2.24) is 4.98 Å². The lowest BCUT2D eigenvalue weighted by atomic mass is 10.0. The van der Waals surface area contributed by atoms with Crippen LogP contribution in [0, 0.1) is 5.92 Å². The third-order valence-corrected chi connectivity index (χ3v) is 3.91. The Bertz CT molecular complexity index is 566. The van der Waals surface area contributed by atoms with Gasteiger partial charge < -0.3 is 10.4 Å². The predicted octanol–water partition coefficient (Wildman–Crippen LogP) is 3.16. The number of thiazole rings is 1. The minimum Gasteiger partial charge on any atom is -0.392 e. The van der Waals surface area contributed by atoms with Crippen LogP contribution in [0.25, 0.3) is 10.6 Å². The molecule has 2 aromatic rings. The maximum Gasteiger partial charge on any atom is 0.227 e. The molecule has 2 N–H and O–H groups in total. The summed E-state index contributed by atoms with van der Waals surface area (Å²) in [4.78, 5) is 16.1. The summed E-state index contributed by atoms with van der Waals surface area (Å²) in [5.41, 5.74) is 1.03. The van der Waals surface area contributed by atoms with Gasteiger partial charge in [0.15, 0.2) is 0 Å². The average molecular weight is 290 g/mol. The Morgan fingerprint density at radius 1 is 1.35 bits per heavy atom. The van der Waals surface area contributed by atoms with Gasteiger partial charge in [-0.25, -0.2) is 4.98 Å². The fourth-order valence-electron chi connectivity index (χ4n) is 1.66. The Morgan fingerprint density at radius 2 is 2.05 bits per heavy atom. The minimum absolute atomic E-state index is 0.0714. The number of aromatic nitrogens is 1. The zero-order chi connectivity index (χ0) is 14.5. The van der Waals surface area contributed by atoms with E-state index in [1.807, 2.05) is 44.2 Å². The highest BCUT2D eigenvalue weighted by atomic mass is 32.1. The van der Waals surface area contributed by atoms with Crippen LogP contribution in [0.1, 0.15) is 20.3 Å². The number of amides is 1. The molecule has 0 aliphatic carbocycles. The number of aliphatic hydroxyl groups is 1. The third kappa shape index (κ3) is 3.88. The van der Waals surface area contributed by atoms with Crippen molar-refractivity contribution in [3.63, 3.8) is 0 Å². The standard InChI is InChI=1S/C15H18N2O2S/c1-10(2)12(18)8-13(19)17-14-9-16-15(20-14)11-6-4-3-5-7-11/h3-7,9-10,12,18H,8H2,1-2H3,(H,17,19). The first-order valence-corrected chi connectivity index (χ1v) is 7.37. The Kier molecular flexibility index (Phi) is 4.87. The lowest BCUT2D eigenvalue weighted by Crippen LogP contribution is -2.23. The normalized spacial score (nSPS) is 12.4. The lowest BCUT2D eigenvalue weighted by molar-refractivity contribution is -0.118. The molecule has 1 unspecified atom stereocenters. The van der Waals surface area contributed by atoms with E-state index in [1.165, 1.54) is 11.3 Å². The van der Waals surface area contributed by atoms with Crippen molar-refractivity contribution in [2.75, 3.05) is 5.32 Å². The van der Waals surface area contributed by atoms with E-state index in [9.17, 15) is 9.90 Å². The van der Waals surface area contributed by atoms with E-state index in [0.717, 1.165) is 10.6 Å². The van der Waals surface area contributed by atoms with Crippen LogP contribution < -0.4 is 5.32 Å². The summed E-state index contributed by atoms with van der Waals surface area (Å²) in [5.74, 6) is -0.114. The number of aliphatic hydroxyl groups excluding tert-OH is 1. The minimum atomic E-state index is -0.614. The number of anilines is 1. The molecule has 0 bridgehead atoms. The number of rotatable bonds is 5. The first-order chi connectivity index (χ1) is 9.56. The monoisotopic (exact) mass is 290 g/mol. The zero-order valence-corrected chi connectivity index (χ0v) is 12.4. The van der Waals surface area contributed by atoms with Crippen LogP contribution in [0.15, 0.2) is 36.5 Å². The smallest absolute Gasteiger partial charge is 0.227 e. The first kappa shape index (κ1) is 14.7. The van der Waals surface area contributed by atoms with E-state index >= 15 is 0 Å². The van der Waals surface area contributed by atoms with Gasteiger partial charge in [0.05, 0.1) is 18.7 Å². The second-order valence-electron chi connectivity index (χ2n) is 4.96. The zero-order valence-electron chi connectivity index (χ0n) is 11.5. The maximum absolute atomic E-state index is 11.8. The molecule has 5 heteroatoms. The molecule has 4 nitrogen and oxygen atoms in total. The van der Waals surface area contributed by atoms with Crippen LogP contribution in [0.2, 0.25) is 0 Å². The van der Waals surface area contributed by atoms with E-state index in [4.69, 9.17) is 0 Å². The number of nitrogens with zero attached hydrogens (tertiary/aromatic N) is 1. The topological polar surface area (TPSA) is 62.2 Å². The van der Waals surface area contributed by atoms with Crippen molar-refractivity contribution < 1.29 is 9.90 Å². The summed E-state index contributed by atoms with van der Waals surface area (Å²) in [6.07, 6.45) is 1.14. The number of carbonyl (C=O) groups excluding carboxylic acids is 1. The van der Waals surface area contributed by atoms with Crippen LogP contribution in [0.3, 0.4) is 0 Å². The largest absolute Gasteiger partial charge is 0.392 e. The number of benzene rings is 1. The Hall–Kier alpha value is -1.72. The van der Waals surface area contributed by atoms with Gasteiger partial charge in [-0.15, -0.1) is 0 Å². The molecule has 1 atom stereocenters. The quantitative estimate of drug-likeness (QED) is 0.889. The molecular formula is C15H18N2O2S. The summed E-state index contributed by atoms with van der Waals surface area (Å²) in [5, 5.41) is 14.0. The van der Waals surface area contributed by atoms with Crippen molar-refractivity contribution in [2.24, 2.45) is 5.92 Å². The molecular weight excluding hydrogens is 272 g/mol. The lowest BCUT2D eigenvalue weighted by Gasteiger charge is -2.13. The Balaban J connectivity index is 1.98. The van der Waals surface area contributed by atoms with Gasteiger partial charge in [0.1, 0.15) is 10.0 Å². The Labute approximate surface area is 122 Å². The van der Waals surface area contributed by atoms with E-state index in [-0.39, 0.29) is 18.2 Å². The van der Waals surface area contributed by atoms with E-state index < -0.39 is 6.10 Å². The number of carbonyl (C=O) groups is 1. The molecule has 106 valence electrons. The molecule has 0 fully saturated rings. The third-order valence-electron chi connectivity index (χ3n) is 2.95. The van der Waals surface area contributed by atoms with Gasteiger partial charge in [-0.3, -0.25) is 4.79 Å². The highest BCUT2D eigenvalue weighted by Crippen LogP contribution is 2.28. The molecule has 0 radical (unpaired) electrons. The molecule has 0 saturated heterocycles. The number of nitrogens with one attached hydrogen (secondary N) is 1. The van der Waals surface area contributed by atoms with E-state index in [0.29, 0.717) is 5.00 Å². The SMILES string of the molecule is CC(C)C(O)CC(=O)Nc1cnc(-c2ccccc2)s1. The van der Waals surface area contributed by atoms with Crippen molar-refractivity contribution in [3.8, 4) is 10.6 Å². The van der Waals surface area contributed by atoms with Crippen LogP contribution >= 0.6 is 11.3 Å². The molecule has 1 aromatic carbocycles. The maximum atomic E-state index is 11.8. The molecule has 1 amide bonds. The number of hydrogen-bond acceptors (Lipinski definition) is 4. The summed E-state index contributed by atoms with van der Waals surface area (Å²) in [6.45, 7) is 3.77. The molecule has 0 aliphatic heterocycles. The molecule has 2 rings (SSSR count). The van der Waals surface area contributed by atoms with Gasteiger partial charge in [0.2, 0.25) is 5.91 Å². The molecule has 0 aliphatic rings. The molecule has 20 heavy (non-hydrogen) atoms. The van der Waals surface area contributed by atoms with Gasteiger partial charge in [-0.1, -0.05) is 55.5 Å². The fourth-order valence-corrected chi connectivity index (χ4v) is 2.50. The van der Waals surface area contributed by atoms with Crippen LogP contribution in [-0.4, -0.2) is 22.1 Å². The fraction of sp³-hybridized carbons (Fsp3) is 0.333. The predicted molar refractivity (Wildman–Crippen MR) is 81.6 cm³/mol. The highest BCUT2D eigenvalue weighted by molar-refractivity contribution is 7.19. The Morgan fingerprint density at radius 3 is 2.70 bits per heavy atom. The van der Waals surface area contributed by atoms with Crippen LogP contribution in [0.4, 0.5) is 5.00 Å².